The minimum Gasteiger partial charge on any atom is -0.351 e. The van der Waals surface area contributed by atoms with Gasteiger partial charge in [-0.2, -0.15) is 0 Å². The molecule has 3 rings (SSSR count). The third-order valence-corrected chi connectivity index (χ3v) is 2.55. The van der Waals surface area contributed by atoms with Crippen LogP contribution in [-0.4, -0.2) is 26.1 Å². The summed E-state index contributed by atoms with van der Waals surface area (Å²) < 4.78 is 7.38. The van der Waals surface area contributed by atoms with Gasteiger partial charge in [-0.1, -0.05) is 6.92 Å². The van der Waals surface area contributed by atoms with Crippen LogP contribution in [0.1, 0.15) is 24.8 Å². The fourth-order valence-electron chi connectivity index (χ4n) is 1.77. The zero-order chi connectivity index (χ0) is 10.4. The first kappa shape index (κ1) is 8.79. The molecular formula is C10H12N4O. The molecule has 1 atom stereocenters. The van der Waals surface area contributed by atoms with Crippen molar-refractivity contribution in [3.05, 3.63) is 17.8 Å². The van der Waals surface area contributed by atoms with Crippen molar-refractivity contribution in [2.45, 2.75) is 26.5 Å². The fourth-order valence-corrected chi connectivity index (χ4v) is 1.77. The van der Waals surface area contributed by atoms with E-state index in [2.05, 4.69) is 26.4 Å². The molecule has 0 saturated carbocycles. The lowest BCUT2D eigenvalue weighted by Crippen LogP contribution is -2.02. The lowest BCUT2D eigenvalue weighted by atomic mass is 10.4. The zero-order valence-electron chi connectivity index (χ0n) is 8.77. The maximum absolute atomic E-state index is 5.31. The summed E-state index contributed by atoms with van der Waals surface area (Å²) in [6.07, 6.45) is 2.80. The van der Waals surface area contributed by atoms with Crippen LogP contribution in [0.15, 0.2) is 6.20 Å². The second-order valence-electron chi connectivity index (χ2n) is 3.67. The molecule has 2 aromatic rings. The number of hydrogen-bond donors (Lipinski definition) is 0. The van der Waals surface area contributed by atoms with Crippen molar-refractivity contribution in [2.24, 2.45) is 0 Å². The summed E-state index contributed by atoms with van der Waals surface area (Å²) in [6, 6.07) is 0. The van der Waals surface area contributed by atoms with Gasteiger partial charge < -0.3 is 4.74 Å². The number of epoxide rings is 1. The molecule has 3 heterocycles. The average molecular weight is 204 g/mol. The number of hydrogen-bond acceptors (Lipinski definition) is 4. The predicted octanol–water partition coefficient (Wildman–Crippen LogP) is 1.23. The molecule has 1 aliphatic heterocycles. The van der Waals surface area contributed by atoms with E-state index in [1.54, 1.807) is 6.20 Å². The van der Waals surface area contributed by atoms with E-state index >= 15 is 0 Å². The molecule has 5 heteroatoms. The van der Waals surface area contributed by atoms with Crippen LogP contribution < -0.4 is 0 Å². The van der Waals surface area contributed by atoms with Crippen LogP contribution in [0.25, 0.3) is 11.2 Å². The van der Waals surface area contributed by atoms with Gasteiger partial charge in [-0.25, -0.2) is 15.0 Å². The highest BCUT2D eigenvalue weighted by atomic mass is 16.6. The van der Waals surface area contributed by atoms with Gasteiger partial charge in [0.1, 0.15) is 17.2 Å². The van der Waals surface area contributed by atoms with E-state index < -0.39 is 0 Å². The minimum atomic E-state index is 0.138. The van der Waals surface area contributed by atoms with Crippen molar-refractivity contribution in [1.82, 2.24) is 19.5 Å². The standard InChI is InChI=1S/C10H12N4O/c1-3-8-13-7-4-11-6(2)12-10(7)14(8)9-5-15-9/h4,9H,3,5H2,1-2H3. The zero-order valence-corrected chi connectivity index (χ0v) is 8.77. The van der Waals surface area contributed by atoms with Crippen LogP contribution >= 0.6 is 0 Å². The van der Waals surface area contributed by atoms with Gasteiger partial charge in [0.05, 0.1) is 12.8 Å². The molecule has 0 amide bonds. The molecule has 1 unspecified atom stereocenters. The summed E-state index contributed by atoms with van der Waals surface area (Å²) in [7, 11) is 0. The third kappa shape index (κ3) is 1.31. The van der Waals surface area contributed by atoms with Crippen molar-refractivity contribution >= 4 is 11.2 Å². The van der Waals surface area contributed by atoms with E-state index in [0.717, 1.165) is 35.8 Å². The molecule has 0 bridgehead atoms. The van der Waals surface area contributed by atoms with Crippen LogP contribution in [0.2, 0.25) is 0 Å². The van der Waals surface area contributed by atoms with E-state index in [1.165, 1.54) is 0 Å². The first-order valence-electron chi connectivity index (χ1n) is 5.11. The monoisotopic (exact) mass is 204 g/mol. The summed E-state index contributed by atoms with van der Waals surface area (Å²) in [5, 5.41) is 0. The third-order valence-electron chi connectivity index (χ3n) is 2.55. The van der Waals surface area contributed by atoms with Gasteiger partial charge in [0.2, 0.25) is 0 Å². The second kappa shape index (κ2) is 3.00. The van der Waals surface area contributed by atoms with Crippen LogP contribution in [0.3, 0.4) is 0 Å². The maximum atomic E-state index is 5.31. The Morgan fingerprint density at radius 3 is 3.00 bits per heavy atom. The average Bonchev–Trinajstić information content (AvgIpc) is 2.99. The Kier molecular flexibility index (Phi) is 1.76. The highest BCUT2D eigenvalue weighted by molar-refractivity contribution is 5.70. The molecule has 2 aromatic heterocycles. The number of aromatic nitrogens is 4. The fraction of sp³-hybridized carbons (Fsp3) is 0.500. The first-order chi connectivity index (χ1) is 7.29. The normalized spacial score (nSPS) is 19.7. The molecule has 0 aromatic carbocycles. The van der Waals surface area contributed by atoms with Gasteiger partial charge in [-0.05, 0) is 6.92 Å². The van der Waals surface area contributed by atoms with Gasteiger partial charge in [0, 0.05) is 6.42 Å². The largest absolute Gasteiger partial charge is 0.351 e. The summed E-state index contributed by atoms with van der Waals surface area (Å²) in [5.41, 5.74) is 1.75. The Hall–Kier alpha value is -1.49. The summed E-state index contributed by atoms with van der Waals surface area (Å²) in [5.74, 6) is 1.79. The summed E-state index contributed by atoms with van der Waals surface area (Å²) in [6.45, 7) is 4.73. The highest BCUT2D eigenvalue weighted by Gasteiger charge is 2.29. The number of imidazole rings is 1. The molecule has 0 aliphatic carbocycles. The Balaban J connectivity index is 2.30. The van der Waals surface area contributed by atoms with E-state index in [-0.39, 0.29) is 6.23 Å². The quantitative estimate of drug-likeness (QED) is 0.690. The van der Waals surface area contributed by atoms with E-state index in [4.69, 9.17) is 4.74 Å². The van der Waals surface area contributed by atoms with Gasteiger partial charge in [-0.3, -0.25) is 4.57 Å². The number of rotatable bonds is 2. The van der Waals surface area contributed by atoms with Crippen molar-refractivity contribution in [3.63, 3.8) is 0 Å². The number of ether oxygens (including phenoxy) is 1. The van der Waals surface area contributed by atoms with Crippen molar-refractivity contribution in [1.29, 1.82) is 0 Å². The van der Waals surface area contributed by atoms with Crippen molar-refractivity contribution < 1.29 is 4.74 Å². The van der Waals surface area contributed by atoms with Crippen LogP contribution in [0, 0.1) is 6.92 Å². The maximum Gasteiger partial charge on any atom is 0.165 e. The SMILES string of the molecule is CCc1nc2cnc(C)nc2n1C1CO1. The van der Waals surface area contributed by atoms with Crippen molar-refractivity contribution in [2.75, 3.05) is 6.61 Å². The molecule has 0 radical (unpaired) electrons. The number of aryl methyl sites for hydroxylation is 2. The molecule has 0 spiro atoms. The lowest BCUT2D eigenvalue weighted by molar-refractivity contribution is 0.353. The number of fused-ring (bicyclic) bond motifs is 1. The Bertz CT molecular complexity index is 515. The molecule has 0 N–H and O–H groups in total. The van der Waals surface area contributed by atoms with Crippen molar-refractivity contribution in [3.8, 4) is 0 Å². The van der Waals surface area contributed by atoms with Gasteiger partial charge in [0.25, 0.3) is 0 Å². The highest BCUT2D eigenvalue weighted by Crippen LogP contribution is 2.29. The van der Waals surface area contributed by atoms with E-state index in [0.29, 0.717) is 0 Å². The Labute approximate surface area is 87.1 Å². The van der Waals surface area contributed by atoms with Crippen LogP contribution in [0.5, 0.6) is 0 Å². The lowest BCUT2D eigenvalue weighted by Gasteiger charge is -2.02. The predicted molar refractivity (Wildman–Crippen MR) is 54.4 cm³/mol. The summed E-state index contributed by atoms with van der Waals surface area (Å²) >= 11 is 0. The molecule has 1 fully saturated rings. The van der Waals surface area contributed by atoms with Crippen LogP contribution in [-0.2, 0) is 11.2 Å². The van der Waals surface area contributed by atoms with Gasteiger partial charge in [0.15, 0.2) is 11.9 Å². The first-order valence-corrected chi connectivity index (χ1v) is 5.11. The smallest absolute Gasteiger partial charge is 0.165 e. The Morgan fingerprint density at radius 2 is 2.33 bits per heavy atom. The molecule has 1 saturated heterocycles. The molecule has 78 valence electrons. The molecule has 15 heavy (non-hydrogen) atoms. The van der Waals surface area contributed by atoms with E-state index in [1.807, 2.05) is 6.92 Å². The summed E-state index contributed by atoms with van der Waals surface area (Å²) in [4.78, 5) is 13.1. The Morgan fingerprint density at radius 1 is 1.53 bits per heavy atom. The molecular weight excluding hydrogens is 192 g/mol. The molecule has 5 nitrogen and oxygen atoms in total. The van der Waals surface area contributed by atoms with Gasteiger partial charge >= 0.3 is 0 Å². The molecule has 1 aliphatic rings. The second-order valence-corrected chi connectivity index (χ2v) is 3.67. The number of nitrogens with zero attached hydrogens (tertiary/aromatic N) is 4. The van der Waals surface area contributed by atoms with Crippen LogP contribution in [0.4, 0.5) is 0 Å². The van der Waals surface area contributed by atoms with E-state index in [9.17, 15) is 0 Å². The minimum absolute atomic E-state index is 0.138. The van der Waals surface area contributed by atoms with Gasteiger partial charge in [-0.15, -0.1) is 0 Å². The topological polar surface area (TPSA) is 56.1 Å².